The first-order valence-electron chi connectivity index (χ1n) is 27.4. The number of rotatable bonds is 12. The van der Waals surface area contributed by atoms with Gasteiger partial charge in [-0.15, -0.1) is 11.3 Å². The first-order valence-corrected chi connectivity index (χ1v) is 29.2. The maximum atomic E-state index is 12.4. The number of fused-ring (bicyclic) bond motifs is 4. The summed E-state index contributed by atoms with van der Waals surface area (Å²) in [5.41, 5.74) is 14.4. The summed E-state index contributed by atoms with van der Waals surface area (Å²) in [5, 5.41) is 44.4. The van der Waals surface area contributed by atoms with Gasteiger partial charge in [0.1, 0.15) is 29.0 Å². The van der Waals surface area contributed by atoms with E-state index in [1.165, 1.54) is 30.1 Å². The molecule has 0 spiro atoms. The Bertz CT molecular complexity index is 4690. The normalized spacial score (nSPS) is 11.0. The molecule has 0 saturated heterocycles. The largest absolute Gasteiger partial charge is 0.472 e. The van der Waals surface area contributed by atoms with E-state index in [1.807, 2.05) is 128 Å². The number of carbonyl (C=O) groups excluding carboxylic acids is 4. The zero-order valence-electron chi connectivity index (χ0n) is 47.2. The summed E-state index contributed by atoms with van der Waals surface area (Å²) in [7, 11) is 0. The summed E-state index contributed by atoms with van der Waals surface area (Å²) < 4.78 is 10.1. The number of anilines is 4. The third-order valence-corrected chi connectivity index (χ3v) is 15.3. The van der Waals surface area contributed by atoms with Crippen molar-refractivity contribution in [1.29, 1.82) is 0 Å². The topological polar surface area (TPSA) is 372 Å². The summed E-state index contributed by atoms with van der Waals surface area (Å²) in [6.45, 7) is 3.74. The minimum absolute atomic E-state index is 0.150. The Morgan fingerprint density at radius 1 is 0.433 bits per heavy atom. The van der Waals surface area contributed by atoms with Gasteiger partial charge in [0.2, 0.25) is 0 Å². The predicted octanol–water partition coefficient (Wildman–Crippen LogP) is 12.7. The molecule has 0 fully saturated rings. The summed E-state index contributed by atoms with van der Waals surface area (Å²) in [6.07, 6.45) is 10.6. The van der Waals surface area contributed by atoms with Gasteiger partial charge in [0.05, 0.1) is 121 Å². The van der Waals surface area contributed by atoms with Gasteiger partial charge in [-0.05, 0) is 97.4 Å². The Balaban J connectivity index is 0.000000110. The smallest absolute Gasteiger partial charge is 0.291 e. The number of para-hydroxylation sites is 8. The van der Waals surface area contributed by atoms with Crippen LogP contribution in [0.3, 0.4) is 0 Å². The zero-order valence-corrected chi connectivity index (χ0v) is 48.8. The molecule has 0 aliphatic heterocycles. The molecule has 12 aromatic heterocycles. The molecule has 26 nitrogen and oxygen atoms in total. The highest BCUT2D eigenvalue weighted by Crippen LogP contribution is 2.31. The molecule has 12 N–H and O–H groups in total. The molecule has 16 rings (SSSR count). The summed E-state index contributed by atoms with van der Waals surface area (Å²) in [5.74, 6) is 1.86. The lowest BCUT2D eigenvalue weighted by molar-refractivity contribution is 0.0992. The number of imidazole rings is 4. The number of furan rings is 2. The summed E-state index contributed by atoms with van der Waals surface area (Å²) in [4.78, 5) is 80.7. The molecule has 12 heterocycles. The van der Waals surface area contributed by atoms with Crippen LogP contribution in [0.1, 0.15) is 52.1 Å². The Morgan fingerprint density at radius 2 is 0.844 bits per heavy atom. The molecule has 90 heavy (non-hydrogen) atoms. The lowest BCUT2D eigenvalue weighted by Crippen LogP contribution is -2.12. The lowest BCUT2D eigenvalue weighted by atomic mass is 10.2. The van der Waals surface area contributed by atoms with Crippen LogP contribution in [0, 0.1) is 13.8 Å². The van der Waals surface area contributed by atoms with Crippen molar-refractivity contribution in [1.82, 2.24) is 80.7 Å². The second-order valence-electron chi connectivity index (χ2n) is 19.7. The molecule has 16 aromatic rings. The third kappa shape index (κ3) is 12.2. The van der Waals surface area contributed by atoms with Gasteiger partial charge >= 0.3 is 0 Å². The highest BCUT2D eigenvalue weighted by molar-refractivity contribution is 7.10. The van der Waals surface area contributed by atoms with Crippen LogP contribution in [0.2, 0.25) is 0 Å². The standard InChI is InChI=1S/C16H13N5O2.C16H13N5OS.C15H11N5O2.C15H11N5OS/c1-9-6-7-23-14(9)16(22)20-12-8-17-21-13(12)15-18-10-4-2-3-5-11(10)19-15;1-9-10(6-7-23-9)16(22)20-13-8-17-21-14(13)15-18-11-4-2-3-5-12(11)19-15;2*21-15(9-5-6-22-8-9)19-12-7-16-20-13(12)14-17-10-3-1-2-4-11(10)18-14/h2*2-8H,1H3,(H,17,21)(H,18,19)(H,20,22);2*1-8H,(H,16,20)(H,17,18)(H,19,21). The van der Waals surface area contributed by atoms with Gasteiger partial charge < -0.3 is 50.0 Å². The van der Waals surface area contributed by atoms with Crippen LogP contribution in [0.4, 0.5) is 22.7 Å². The van der Waals surface area contributed by atoms with Crippen molar-refractivity contribution in [2.24, 2.45) is 0 Å². The molecule has 0 aliphatic carbocycles. The average molecular weight is 1230 g/mol. The Kier molecular flexibility index (Phi) is 15.8. The van der Waals surface area contributed by atoms with E-state index in [2.05, 4.69) is 102 Å². The fraction of sp³-hybridized carbons (Fsp3) is 0.0323. The number of hydrogen-bond acceptors (Lipinski definition) is 16. The van der Waals surface area contributed by atoms with Crippen LogP contribution in [0.25, 0.3) is 90.2 Å². The number of thiophene rings is 2. The Morgan fingerprint density at radius 3 is 1.20 bits per heavy atom. The van der Waals surface area contributed by atoms with Gasteiger partial charge in [0, 0.05) is 15.8 Å². The molecule has 4 aromatic carbocycles. The van der Waals surface area contributed by atoms with Crippen LogP contribution in [0.5, 0.6) is 0 Å². The molecule has 0 bridgehead atoms. The molecule has 0 atom stereocenters. The first-order chi connectivity index (χ1) is 44.1. The van der Waals surface area contributed by atoms with Crippen molar-refractivity contribution >= 4 is 113 Å². The van der Waals surface area contributed by atoms with Crippen LogP contribution >= 0.6 is 22.7 Å². The van der Waals surface area contributed by atoms with Crippen molar-refractivity contribution in [3.8, 4) is 46.1 Å². The number of carbonyl (C=O) groups is 4. The molecule has 444 valence electrons. The first kappa shape index (κ1) is 56.6. The van der Waals surface area contributed by atoms with Gasteiger partial charge in [-0.2, -0.15) is 31.7 Å². The van der Waals surface area contributed by atoms with E-state index in [1.54, 1.807) is 59.7 Å². The average Bonchev–Trinajstić information content (AvgIpc) is 2.30. The molecule has 4 amide bonds. The highest BCUT2D eigenvalue weighted by Gasteiger charge is 2.21. The molecule has 0 aliphatic rings. The van der Waals surface area contributed by atoms with Crippen molar-refractivity contribution in [2.45, 2.75) is 13.8 Å². The molecule has 0 radical (unpaired) electrons. The van der Waals surface area contributed by atoms with Crippen molar-refractivity contribution < 1.29 is 28.0 Å². The van der Waals surface area contributed by atoms with E-state index in [4.69, 9.17) is 8.83 Å². The van der Waals surface area contributed by atoms with E-state index >= 15 is 0 Å². The Hall–Kier alpha value is -12.6. The van der Waals surface area contributed by atoms with Crippen molar-refractivity contribution in [3.05, 3.63) is 214 Å². The molecule has 0 unspecified atom stereocenters. The number of aryl methyl sites for hydroxylation is 2. The highest BCUT2D eigenvalue weighted by atomic mass is 32.1. The van der Waals surface area contributed by atoms with E-state index < -0.39 is 0 Å². The summed E-state index contributed by atoms with van der Waals surface area (Å²) in [6, 6.07) is 37.8. The quantitative estimate of drug-likeness (QED) is 0.0541. The lowest BCUT2D eigenvalue weighted by Gasteiger charge is -2.04. The van der Waals surface area contributed by atoms with E-state index in [0.717, 1.165) is 54.6 Å². The third-order valence-electron chi connectivity index (χ3n) is 13.8. The fourth-order valence-electron chi connectivity index (χ4n) is 9.30. The van der Waals surface area contributed by atoms with Gasteiger partial charge in [-0.1, -0.05) is 48.5 Å². The maximum Gasteiger partial charge on any atom is 0.291 e. The van der Waals surface area contributed by atoms with Crippen molar-refractivity contribution in [3.63, 3.8) is 0 Å². The minimum Gasteiger partial charge on any atom is -0.472 e. The maximum absolute atomic E-state index is 12.4. The van der Waals surface area contributed by atoms with E-state index in [-0.39, 0.29) is 29.4 Å². The fourth-order valence-corrected chi connectivity index (χ4v) is 10.6. The van der Waals surface area contributed by atoms with Crippen molar-refractivity contribution in [2.75, 3.05) is 21.3 Å². The number of aromatic amines is 8. The van der Waals surface area contributed by atoms with Crippen LogP contribution in [-0.4, -0.2) is 104 Å². The Labute approximate surface area is 514 Å². The monoisotopic (exact) mass is 1230 g/mol. The van der Waals surface area contributed by atoms with Gasteiger partial charge in [0.25, 0.3) is 23.6 Å². The molecule has 0 saturated carbocycles. The zero-order chi connectivity index (χ0) is 61.5. The predicted molar refractivity (Wildman–Crippen MR) is 342 cm³/mol. The number of aromatic nitrogens is 16. The van der Waals surface area contributed by atoms with Crippen LogP contribution < -0.4 is 21.3 Å². The SMILES string of the molecule is Cc1ccoc1C(=O)Nc1cn[nH]c1-c1nc2ccccc2[nH]1.Cc1sccc1C(=O)Nc1cn[nH]c1-c1nc2ccccc2[nH]1.O=C(Nc1cn[nH]c1-c1nc2ccccc2[nH]1)c1ccoc1.O=C(Nc1cn[nH]c1-c1nc2ccccc2[nH]1)c1ccsc1. The van der Waals surface area contributed by atoms with Crippen LogP contribution in [-0.2, 0) is 0 Å². The van der Waals surface area contributed by atoms with Gasteiger partial charge in [-0.25, -0.2) is 19.9 Å². The van der Waals surface area contributed by atoms with Gasteiger partial charge in [-0.3, -0.25) is 39.6 Å². The van der Waals surface area contributed by atoms with E-state index in [0.29, 0.717) is 85.5 Å². The summed E-state index contributed by atoms with van der Waals surface area (Å²) >= 11 is 3.03. The number of hydrogen-bond donors (Lipinski definition) is 12. The van der Waals surface area contributed by atoms with Gasteiger partial charge in [0.15, 0.2) is 29.1 Å². The second kappa shape index (κ2) is 25.2. The van der Waals surface area contributed by atoms with Crippen LogP contribution in [0.15, 0.2) is 190 Å². The second-order valence-corrected chi connectivity index (χ2v) is 21.6. The molecular formula is C62H48N20O6S2. The molecular weight excluding hydrogens is 1180 g/mol. The number of benzene rings is 4. The van der Waals surface area contributed by atoms with E-state index in [9.17, 15) is 19.2 Å². The minimum atomic E-state index is -0.328. The number of amides is 4. The number of H-pyrrole nitrogens is 8. The number of nitrogens with one attached hydrogen (secondary N) is 12. The number of nitrogens with zero attached hydrogens (tertiary/aromatic N) is 8. The molecule has 28 heteroatoms.